The monoisotopic (exact) mass is 449 g/mol. The minimum atomic E-state index is -3.49. The van der Waals surface area contributed by atoms with E-state index in [9.17, 15) is 18.0 Å². The Bertz CT molecular complexity index is 1040. The van der Waals surface area contributed by atoms with Gasteiger partial charge in [-0.15, -0.1) is 0 Å². The fourth-order valence-electron chi connectivity index (χ4n) is 3.56. The molecular formula is C21H24ClN3O4S. The summed E-state index contributed by atoms with van der Waals surface area (Å²) in [4.78, 5) is 34.6. The Kier molecular flexibility index (Phi) is 6.88. The molecule has 1 saturated carbocycles. The second kappa shape index (κ2) is 9.22. The van der Waals surface area contributed by atoms with Gasteiger partial charge in [0, 0.05) is 25.5 Å². The van der Waals surface area contributed by atoms with Crippen LogP contribution in [-0.4, -0.2) is 36.3 Å². The lowest BCUT2D eigenvalue weighted by atomic mass is 9.85. The molecule has 1 aromatic heterocycles. The minimum Gasteiger partial charge on any atom is -0.300 e. The van der Waals surface area contributed by atoms with Crippen molar-refractivity contribution in [3.63, 3.8) is 0 Å². The van der Waals surface area contributed by atoms with E-state index in [1.165, 1.54) is 23.2 Å². The third-order valence-corrected chi connectivity index (χ3v) is 6.83. The van der Waals surface area contributed by atoms with Crippen LogP contribution in [0.5, 0.6) is 0 Å². The first-order valence-corrected chi connectivity index (χ1v) is 12.0. The lowest BCUT2D eigenvalue weighted by Crippen LogP contribution is -2.28. The van der Waals surface area contributed by atoms with E-state index in [1.54, 1.807) is 19.2 Å². The molecule has 0 spiro atoms. The number of rotatable bonds is 6. The summed E-state index contributed by atoms with van der Waals surface area (Å²) >= 11 is 6.20. The van der Waals surface area contributed by atoms with Gasteiger partial charge in [0.2, 0.25) is 5.91 Å². The molecule has 1 amide bonds. The standard InChI is InChI=1S/C21H24ClN3O4S/c1-14-12-24-20(13-23-14)25(16-6-9-19(18(22)11-16)30(2,28)29)21(27)10-5-15-3-7-17(26)8-4-15/h6,9,11-13,15H,3-5,7-8,10H2,1-2H3. The average molecular weight is 450 g/mol. The van der Waals surface area contributed by atoms with Gasteiger partial charge in [0.15, 0.2) is 15.7 Å². The number of Topliss-reactive ketones (excluding diaryl/α,β-unsaturated/α-hetero) is 1. The number of anilines is 2. The quantitative estimate of drug-likeness (QED) is 0.659. The van der Waals surface area contributed by atoms with Crippen LogP contribution in [0.15, 0.2) is 35.5 Å². The van der Waals surface area contributed by atoms with Crippen LogP contribution in [0.3, 0.4) is 0 Å². The topological polar surface area (TPSA) is 97.3 Å². The zero-order chi connectivity index (χ0) is 21.9. The van der Waals surface area contributed by atoms with E-state index in [0.717, 1.165) is 19.1 Å². The second-order valence-electron chi connectivity index (χ2n) is 7.65. The average Bonchev–Trinajstić information content (AvgIpc) is 2.68. The highest BCUT2D eigenvalue weighted by Crippen LogP contribution is 2.32. The van der Waals surface area contributed by atoms with Gasteiger partial charge >= 0.3 is 0 Å². The highest BCUT2D eigenvalue weighted by atomic mass is 35.5. The van der Waals surface area contributed by atoms with Crippen LogP contribution < -0.4 is 4.90 Å². The first kappa shape index (κ1) is 22.4. The van der Waals surface area contributed by atoms with Crippen molar-refractivity contribution in [2.45, 2.75) is 50.3 Å². The molecule has 1 aliphatic rings. The summed E-state index contributed by atoms with van der Waals surface area (Å²) in [6.07, 6.45) is 7.88. The number of sulfone groups is 1. The Balaban J connectivity index is 1.87. The Labute approximate surface area is 181 Å². The molecule has 0 unspecified atom stereocenters. The summed E-state index contributed by atoms with van der Waals surface area (Å²) in [6.45, 7) is 1.80. The predicted octanol–water partition coefficient (Wildman–Crippen LogP) is 4.05. The molecule has 1 aromatic carbocycles. The molecule has 0 aliphatic heterocycles. The number of hydrogen-bond donors (Lipinski definition) is 0. The molecule has 1 aliphatic carbocycles. The van der Waals surface area contributed by atoms with Gasteiger partial charge in [-0.2, -0.15) is 0 Å². The molecule has 0 N–H and O–H groups in total. The van der Waals surface area contributed by atoms with Crippen LogP contribution in [0.2, 0.25) is 5.02 Å². The number of carbonyl (C=O) groups is 2. The number of nitrogens with zero attached hydrogens (tertiary/aromatic N) is 3. The van der Waals surface area contributed by atoms with Crippen molar-refractivity contribution in [1.29, 1.82) is 0 Å². The molecule has 7 nitrogen and oxygen atoms in total. The Morgan fingerprint density at radius 1 is 1.20 bits per heavy atom. The summed E-state index contributed by atoms with van der Waals surface area (Å²) in [6, 6.07) is 4.39. The number of ketones is 1. The van der Waals surface area contributed by atoms with Crippen molar-refractivity contribution >= 4 is 44.6 Å². The molecule has 30 heavy (non-hydrogen) atoms. The van der Waals surface area contributed by atoms with Crippen molar-refractivity contribution in [1.82, 2.24) is 9.97 Å². The van der Waals surface area contributed by atoms with Gasteiger partial charge < -0.3 is 0 Å². The first-order valence-electron chi connectivity index (χ1n) is 9.78. The van der Waals surface area contributed by atoms with Crippen molar-refractivity contribution in [2.24, 2.45) is 5.92 Å². The summed E-state index contributed by atoms with van der Waals surface area (Å²) in [5.74, 6) is 0.782. The molecular weight excluding hydrogens is 426 g/mol. The lowest BCUT2D eigenvalue weighted by molar-refractivity contribution is -0.121. The van der Waals surface area contributed by atoms with E-state index < -0.39 is 9.84 Å². The van der Waals surface area contributed by atoms with E-state index >= 15 is 0 Å². The molecule has 9 heteroatoms. The molecule has 1 fully saturated rings. The minimum absolute atomic E-state index is 0.00202. The van der Waals surface area contributed by atoms with Gasteiger partial charge in [0.05, 0.1) is 33.7 Å². The molecule has 0 bridgehead atoms. The van der Waals surface area contributed by atoms with Crippen LogP contribution in [-0.2, 0) is 19.4 Å². The van der Waals surface area contributed by atoms with Crippen molar-refractivity contribution in [2.75, 3.05) is 11.2 Å². The maximum Gasteiger partial charge on any atom is 0.232 e. The number of carbonyl (C=O) groups excluding carboxylic acids is 2. The van der Waals surface area contributed by atoms with E-state index in [2.05, 4.69) is 9.97 Å². The fourth-order valence-corrected chi connectivity index (χ4v) is 4.89. The number of benzene rings is 1. The van der Waals surface area contributed by atoms with E-state index in [-0.39, 0.29) is 28.0 Å². The van der Waals surface area contributed by atoms with Gasteiger partial charge in [-0.3, -0.25) is 19.5 Å². The van der Waals surface area contributed by atoms with Gasteiger partial charge in [0.25, 0.3) is 0 Å². The normalized spacial score (nSPS) is 15.2. The van der Waals surface area contributed by atoms with Crippen LogP contribution in [0.4, 0.5) is 11.5 Å². The van der Waals surface area contributed by atoms with Gasteiger partial charge in [0.1, 0.15) is 5.78 Å². The smallest absolute Gasteiger partial charge is 0.232 e. The molecule has 3 rings (SSSR count). The molecule has 2 aromatic rings. The fraction of sp³-hybridized carbons (Fsp3) is 0.429. The number of aromatic nitrogens is 2. The molecule has 0 radical (unpaired) electrons. The van der Waals surface area contributed by atoms with E-state index in [1.807, 2.05) is 0 Å². The molecule has 0 atom stereocenters. The molecule has 1 heterocycles. The first-order chi connectivity index (χ1) is 14.1. The van der Waals surface area contributed by atoms with Crippen molar-refractivity contribution < 1.29 is 18.0 Å². The number of aryl methyl sites for hydroxylation is 1. The van der Waals surface area contributed by atoms with Crippen molar-refractivity contribution in [3.8, 4) is 0 Å². The van der Waals surface area contributed by atoms with Gasteiger partial charge in [-0.25, -0.2) is 13.4 Å². The van der Waals surface area contributed by atoms with Crippen LogP contribution in [0, 0.1) is 12.8 Å². The Hall–Kier alpha value is -2.32. The van der Waals surface area contributed by atoms with Crippen LogP contribution in [0.1, 0.15) is 44.2 Å². The highest BCUT2D eigenvalue weighted by molar-refractivity contribution is 7.90. The number of halogens is 1. The van der Waals surface area contributed by atoms with Crippen LogP contribution >= 0.6 is 11.6 Å². The number of hydrogen-bond acceptors (Lipinski definition) is 6. The number of amides is 1. The van der Waals surface area contributed by atoms with Crippen LogP contribution in [0.25, 0.3) is 0 Å². The molecule has 0 saturated heterocycles. The summed E-state index contributed by atoms with van der Waals surface area (Å²) < 4.78 is 23.7. The second-order valence-corrected chi connectivity index (χ2v) is 10.0. The Morgan fingerprint density at radius 3 is 2.47 bits per heavy atom. The zero-order valence-electron chi connectivity index (χ0n) is 17.0. The largest absolute Gasteiger partial charge is 0.300 e. The third kappa shape index (κ3) is 5.43. The summed E-state index contributed by atoms with van der Waals surface area (Å²) in [5.41, 5.74) is 1.14. The Morgan fingerprint density at radius 2 is 1.90 bits per heavy atom. The van der Waals surface area contributed by atoms with Gasteiger partial charge in [-0.1, -0.05) is 11.6 Å². The maximum absolute atomic E-state index is 13.2. The predicted molar refractivity (Wildman–Crippen MR) is 115 cm³/mol. The highest BCUT2D eigenvalue weighted by Gasteiger charge is 2.25. The summed E-state index contributed by atoms with van der Waals surface area (Å²) in [7, 11) is -3.49. The third-order valence-electron chi connectivity index (χ3n) is 5.25. The van der Waals surface area contributed by atoms with E-state index in [4.69, 9.17) is 11.6 Å². The van der Waals surface area contributed by atoms with Gasteiger partial charge in [-0.05, 0) is 50.3 Å². The lowest BCUT2D eigenvalue weighted by Gasteiger charge is -2.25. The zero-order valence-corrected chi connectivity index (χ0v) is 18.5. The molecule has 160 valence electrons. The maximum atomic E-state index is 13.2. The summed E-state index contributed by atoms with van der Waals surface area (Å²) in [5, 5.41) is 0.0404. The van der Waals surface area contributed by atoms with E-state index in [0.29, 0.717) is 42.4 Å². The SMILES string of the molecule is Cc1cnc(N(C(=O)CCC2CCC(=O)CC2)c2ccc(S(C)(=O)=O)c(Cl)c2)cn1. The van der Waals surface area contributed by atoms with Crippen molar-refractivity contribution in [3.05, 3.63) is 41.3 Å².